The molecule has 17 heteroatoms. The van der Waals surface area contributed by atoms with Gasteiger partial charge in [-0.3, -0.25) is 9.59 Å². The van der Waals surface area contributed by atoms with Crippen LogP contribution in [-0.4, -0.2) is 107 Å². The lowest BCUT2D eigenvalue weighted by molar-refractivity contribution is -0.137. The number of aliphatic carboxylic acids is 1. The lowest BCUT2D eigenvalue weighted by Crippen LogP contribution is -2.29. The number of nitrogens with zero attached hydrogens (tertiary/aromatic N) is 13. The SMILES string of the molecule is Cc1nn(-c2ccc3nnc(C)n3n2)c(C)c1CCC(=O)N1CCC(Cc2ccccc2)C1.Cc1nn(-c2ccc3nnc(C)n3n2)c(C)c1CCC(=O)O.c1ccc(CC2CCNC2)cc1. The number of carboxylic acids is 1. The second-order valence-electron chi connectivity index (χ2n) is 17.7. The number of likely N-dealkylation sites (tertiary alicyclic amines) is 1. The Bertz CT molecular complexity index is 2950. The van der Waals surface area contributed by atoms with Gasteiger partial charge in [-0.15, -0.1) is 30.6 Å². The number of carboxylic acid groups (broad SMARTS) is 1. The Balaban J connectivity index is 0.000000153. The third kappa shape index (κ3) is 11.1. The summed E-state index contributed by atoms with van der Waals surface area (Å²) in [4.78, 5) is 25.7. The Morgan fingerprint density at radius 2 is 1.12 bits per heavy atom. The summed E-state index contributed by atoms with van der Waals surface area (Å²) in [5, 5.41) is 46.7. The zero-order valence-electron chi connectivity index (χ0n) is 39.3. The number of aryl methyl sites for hydroxylation is 4. The van der Waals surface area contributed by atoms with Crippen LogP contribution in [-0.2, 0) is 35.3 Å². The van der Waals surface area contributed by atoms with Crippen molar-refractivity contribution in [1.82, 2.24) is 69.4 Å². The molecule has 8 aromatic rings. The monoisotopic (exact) mass is 904 g/mol. The molecule has 2 atom stereocenters. The van der Waals surface area contributed by atoms with E-state index in [1.165, 1.54) is 37.1 Å². The number of rotatable bonds is 12. The maximum Gasteiger partial charge on any atom is 0.303 e. The third-order valence-corrected chi connectivity index (χ3v) is 12.8. The van der Waals surface area contributed by atoms with E-state index >= 15 is 0 Å². The van der Waals surface area contributed by atoms with E-state index in [1.807, 2.05) is 81.5 Å². The highest BCUT2D eigenvalue weighted by molar-refractivity contribution is 5.76. The van der Waals surface area contributed by atoms with Gasteiger partial charge in [0.1, 0.15) is 0 Å². The largest absolute Gasteiger partial charge is 0.481 e. The summed E-state index contributed by atoms with van der Waals surface area (Å²) < 4.78 is 6.95. The molecule has 0 saturated carbocycles. The number of hydrogen-bond donors (Lipinski definition) is 2. The number of nitrogens with one attached hydrogen (secondary N) is 1. The summed E-state index contributed by atoms with van der Waals surface area (Å²) >= 11 is 0. The molecule has 0 radical (unpaired) electrons. The molecule has 348 valence electrons. The van der Waals surface area contributed by atoms with Gasteiger partial charge in [0.25, 0.3) is 0 Å². The van der Waals surface area contributed by atoms with Crippen molar-refractivity contribution in [3.63, 3.8) is 0 Å². The molecule has 67 heavy (non-hydrogen) atoms. The van der Waals surface area contributed by atoms with E-state index in [1.54, 1.807) is 13.7 Å². The smallest absolute Gasteiger partial charge is 0.303 e. The Morgan fingerprint density at radius 1 is 0.612 bits per heavy atom. The van der Waals surface area contributed by atoms with Crippen molar-refractivity contribution in [2.45, 2.75) is 92.9 Å². The second kappa shape index (κ2) is 21.0. The lowest BCUT2D eigenvalue weighted by Gasteiger charge is -2.17. The predicted molar refractivity (Wildman–Crippen MR) is 254 cm³/mol. The minimum atomic E-state index is -0.814. The highest BCUT2D eigenvalue weighted by Crippen LogP contribution is 2.24. The maximum absolute atomic E-state index is 12.9. The molecular formula is C50H60N14O3. The average Bonchev–Trinajstić information content (AvgIpc) is 4.22. The highest BCUT2D eigenvalue weighted by atomic mass is 16.4. The molecule has 6 aromatic heterocycles. The number of carbonyl (C=O) groups excluding carboxylic acids is 1. The first-order chi connectivity index (χ1) is 32.4. The van der Waals surface area contributed by atoms with Crippen LogP contribution in [0.15, 0.2) is 84.9 Å². The predicted octanol–water partition coefficient (Wildman–Crippen LogP) is 6.35. The van der Waals surface area contributed by atoms with Crippen molar-refractivity contribution in [1.29, 1.82) is 0 Å². The molecule has 8 heterocycles. The summed E-state index contributed by atoms with van der Waals surface area (Å²) in [6, 6.07) is 28.8. The van der Waals surface area contributed by atoms with E-state index in [-0.39, 0.29) is 12.3 Å². The van der Waals surface area contributed by atoms with E-state index in [0.717, 1.165) is 71.6 Å². The lowest BCUT2D eigenvalue weighted by atomic mass is 9.99. The maximum atomic E-state index is 12.9. The molecule has 2 unspecified atom stereocenters. The van der Waals surface area contributed by atoms with Crippen molar-refractivity contribution >= 4 is 23.2 Å². The molecule has 0 spiro atoms. The quantitative estimate of drug-likeness (QED) is 0.138. The minimum absolute atomic E-state index is 0.0877. The molecule has 0 bridgehead atoms. The Morgan fingerprint density at radius 3 is 1.61 bits per heavy atom. The summed E-state index contributed by atoms with van der Waals surface area (Å²) in [6.07, 6.45) is 6.44. The molecule has 2 aliphatic rings. The fourth-order valence-electron chi connectivity index (χ4n) is 9.15. The van der Waals surface area contributed by atoms with Gasteiger partial charge in [0.2, 0.25) is 5.91 Å². The minimum Gasteiger partial charge on any atom is -0.481 e. The fourth-order valence-corrected chi connectivity index (χ4v) is 9.15. The molecule has 10 rings (SSSR count). The molecule has 2 N–H and O–H groups in total. The molecule has 0 aliphatic carbocycles. The summed E-state index contributed by atoms with van der Waals surface area (Å²) in [6.45, 7) is 15.7. The Labute approximate surface area is 390 Å². The first kappa shape index (κ1) is 46.4. The molecule has 1 amide bonds. The van der Waals surface area contributed by atoms with Gasteiger partial charge in [-0.25, -0.2) is 9.36 Å². The van der Waals surface area contributed by atoms with Crippen LogP contribution in [0.4, 0.5) is 0 Å². The van der Waals surface area contributed by atoms with Crippen LogP contribution in [0.5, 0.6) is 0 Å². The van der Waals surface area contributed by atoms with Crippen molar-refractivity contribution in [3.05, 3.63) is 142 Å². The van der Waals surface area contributed by atoms with E-state index in [9.17, 15) is 9.59 Å². The number of aromatic nitrogens is 12. The van der Waals surface area contributed by atoms with Gasteiger partial charge in [0.05, 0.1) is 11.4 Å². The van der Waals surface area contributed by atoms with Gasteiger partial charge < -0.3 is 15.3 Å². The third-order valence-electron chi connectivity index (χ3n) is 12.8. The van der Waals surface area contributed by atoms with Crippen LogP contribution in [0.25, 0.3) is 22.9 Å². The molecule has 2 saturated heterocycles. The summed E-state index contributed by atoms with van der Waals surface area (Å²) in [5.74, 6) is 3.63. The number of amides is 1. The van der Waals surface area contributed by atoms with Gasteiger partial charge in [-0.05, 0) is 152 Å². The van der Waals surface area contributed by atoms with Gasteiger partial charge in [-0.1, -0.05) is 60.7 Å². The van der Waals surface area contributed by atoms with Gasteiger partial charge in [0, 0.05) is 37.3 Å². The van der Waals surface area contributed by atoms with E-state index in [2.05, 4.69) is 95.6 Å². The van der Waals surface area contributed by atoms with Gasteiger partial charge >= 0.3 is 5.97 Å². The first-order valence-corrected chi connectivity index (χ1v) is 23.2. The highest BCUT2D eigenvalue weighted by Gasteiger charge is 2.27. The van der Waals surface area contributed by atoms with Crippen LogP contribution < -0.4 is 5.32 Å². The number of hydrogen-bond acceptors (Lipinski definition) is 11. The van der Waals surface area contributed by atoms with E-state index < -0.39 is 5.97 Å². The van der Waals surface area contributed by atoms with E-state index in [4.69, 9.17) is 10.2 Å². The van der Waals surface area contributed by atoms with Crippen LogP contribution in [0.2, 0.25) is 0 Å². The normalized spacial score (nSPS) is 15.7. The van der Waals surface area contributed by atoms with Crippen LogP contribution >= 0.6 is 0 Å². The second-order valence-corrected chi connectivity index (χ2v) is 17.7. The van der Waals surface area contributed by atoms with Crippen molar-refractivity contribution in [3.8, 4) is 11.6 Å². The van der Waals surface area contributed by atoms with Crippen LogP contribution in [0.1, 0.15) is 82.4 Å². The first-order valence-electron chi connectivity index (χ1n) is 23.2. The number of fused-ring (bicyclic) bond motifs is 2. The fraction of sp³-hybridized carbons (Fsp3) is 0.400. The van der Waals surface area contributed by atoms with Crippen molar-refractivity contribution in [2.24, 2.45) is 11.8 Å². The van der Waals surface area contributed by atoms with Gasteiger partial charge in [-0.2, -0.15) is 19.2 Å². The van der Waals surface area contributed by atoms with Crippen LogP contribution in [0, 0.1) is 53.4 Å². The van der Waals surface area contributed by atoms with Gasteiger partial charge in [0.15, 0.2) is 34.6 Å². The van der Waals surface area contributed by atoms with E-state index in [0.29, 0.717) is 53.9 Å². The molecule has 17 nitrogen and oxygen atoms in total. The average molecular weight is 905 g/mol. The Kier molecular flexibility index (Phi) is 14.5. The molecular weight excluding hydrogens is 845 g/mol. The number of benzene rings is 2. The molecule has 2 fully saturated rings. The zero-order chi connectivity index (χ0) is 47.0. The molecule has 2 aliphatic heterocycles. The summed E-state index contributed by atoms with van der Waals surface area (Å²) in [5.41, 5.74) is 9.95. The van der Waals surface area contributed by atoms with Crippen LogP contribution in [0.3, 0.4) is 0 Å². The number of carbonyl (C=O) groups is 2. The Hall–Kier alpha value is -7.14. The standard InChI is InChI=1S/C25H29N7O.C14H16N6O2.C11H15N/c1-17-22(18(2)31(28-17)24-11-10-23-27-26-19(3)32(23)29-24)9-12-25(33)30-14-13-21(16-30)15-20-7-5-4-6-8-20;1-8-11(4-7-14(21)22)9(2)19(17-8)13-6-5-12-16-15-10(3)20(12)18-13;1-2-4-10(5-3-1)8-11-6-7-12-9-11/h4-8,10-11,21H,9,12-16H2,1-3H3;5-6H,4,7H2,1-3H3,(H,21,22);1-5,11-12H,6-9H2. The summed E-state index contributed by atoms with van der Waals surface area (Å²) in [7, 11) is 0. The zero-order valence-corrected chi connectivity index (χ0v) is 39.3. The van der Waals surface area contributed by atoms with Crippen molar-refractivity contribution < 1.29 is 14.7 Å². The topological polar surface area (TPSA) is 191 Å². The molecule has 2 aromatic carbocycles. The van der Waals surface area contributed by atoms with Crippen molar-refractivity contribution in [2.75, 3.05) is 26.2 Å².